The van der Waals surface area contributed by atoms with Crippen LogP contribution in [0.4, 0.5) is 28.9 Å². The largest absolute Gasteiger partial charge is 0.366 e. The van der Waals surface area contributed by atoms with Gasteiger partial charge in [0.05, 0.1) is 11.4 Å². The number of benzene rings is 2. The molecular formula is C34H50F4N4O. The van der Waals surface area contributed by atoms with E-state index in [0.29, 0.717) is 49.9 Å². The normalized spacial score (nSPS) is 18.8. The van der Waals surface area contributed by atoms with Crippen LogP contribution in [0.15, 0.2) is 41.4 Å². The lowest BCUT2D eigenvalue weighted by Crippen LogP contribution is -2.22. The van der Waals surface area contributed by atoms with Gasteiger partial charge in [0.1, 0.15) is 24.0 Å². The molecule has 2 atom stereocenters. The second kappa shape index (κ2) is 16.8. The fourth-order valence-electron chi connectivity index (χ4n) is 4.77. The highest BCUT2D eigenvalue weighted by atomic mass is 19.1. The molecule has 2 aliphatic rings. The monoisotopic (exact) mass is 606 g/mol. The van der Waals surface area contributed by atoms with Crippen molar-refractivity contribution in [1.82, 2.24) is 0 Å². The van der Waals surface area contributed by atoms with Crippen molar-refractivity contribution >= 4 is 23.9 Å². The maximum Gasteiger partial charge on any atom is 0.152 e. The van der Waals surface area contributed by atoms with Crippen molar-refractivity contribution < 1.29 is 22.4 Å². The molecule has 2 aromatic rings. The van der Waals surface area contributed by atoms with E-state index in [2.05, 4.69) is 46.5 Å². The van der Waals surface area contributed by atoms with Crippen molar-refractivity contribution in [3.63, 3.8) is 0 Å². The predicted octanol–water partition coefficient (Wildman–Crippen LogP) is 7.80. The van der Waals surface area contributed by atoms with E-state index < -0.39 is 18.2 Å². The molecule has 0 saturated carbocycles. The lowest BCUT2D eigenvalue weighted by Gasteiger charge is -2.20. The number of carbonyl (C=O) groups is 1. The van der Waals surface area contributed by atoms with Gasteiger partial charge in [-0.2, -0.15) is 0 Å². The van der Waals surface area contributed by atoms with E-state index in [-0.39, 0.29) is 35.6 Å². The summed E-state index contributed by atoms with van der Waals surface area (Å²) in [5.41, 5.74) is 7.70. The van der Waals surface area contributed by atoms with E-state index in [9.17, 15) is 22.4 Å². The molecule has 0 radical (unpaired) electrons. The number of aldehydes is 1. The van der Waals surface area contributed by atoms with Crippen LogP contribution in [0.2, 0.25) is 0 Å². The highest BCUT2D eigenvalue weighted by Crippen LogP contribution is 2.29. The molecule has 9 heteroatoms. The van der Waals surface area contributed by atoms with Gasteiger partial charge in [0.15, 0.2) is 6.29 Å². The highest BCUT2D eigenvalue weighted by molar-refractivity contribution is 5.88. The number of para-hydroxylation sites is 2. The van der Waals surface area contributed by atoms with Crippen molar-refractivity contribution in [2.24, 2.45) is 21.6 Å². The molecule has 2 heterocycles. The van der Waals surface area contributed by atoms with Crippen molar-refractivity contribution in [1.29, 1.82) is 0 Å². The number of hydrogen-bond acceptors (Lipinski definition) is 5. The lowest BCUT2D eigenvalue weighted by atomic mass is 9.92. The molecule has 2 aliphatic heterocycles. The Kier molecular flexibility index (Phi) is 14.2. The van der Waals surface area contributed by atoms with E-state index in [4.69, 9.17) is 5.73 Å². The minimum Gasteiger partial charge on any atom is -0.366 e. The molecule has 0 unspecified atom stereocenters. The Bertz CT molecular complexity index is 1180. The van der Waals surface area contributed by atoms with Crippen molar-refractivity contribution in [3.8, 4) is 0 Å². The Morgan fingerprint density at radius 3 is 1.65 bits per heavy atom. The molecule has 4 rings (SSSR count). The lowest BCUT2D eigenvalue weighted by molar-refractivity contribution is 0.112. The Morgan fingerprint density at radius 2 is 1.28 bits per heavy atom. The zero-order valence-electron chi connectivity index (χ0n) is 26.7. The molecule has 2 aromatic carbocycles. The van der Waals surface area contributed by atoms with Crippen LogP contribution in [-0.2, 0) is 0 Å². The van der Waals surface area contributed by atoms with Crippen LogP contribution in [0.3, 0.4) is 0 Å². The van der Waals surface area contributed by atoms with Gasteiger partial charge >= 0.3 is 0 Å². The average Bonchev–Trinajstić information content (AvgIpc) is 3.53. The van der Waals surface area contributed by atoms with Gasteiger partial charge in [-0.25, -0.2) is 17.6 Å². The van der Waals surface area contributed by atoms with Crippen LogP contribution in [0.5, 0.6) is 0 Å². The smallest absolute Gasteiger partial charge is 0.152 e. The number of rotatable bonds is 7. The van der Waals surface area contributed by atoms with Crippen LogP contribution in [-0.4, -0.2) is 64.1 Å². The third kappa shape index (κ3) is 12.7. The molecule has 0 aromatic heterocycles. The fourth-order valence-corrected chi connectivity index (χ4v) is 4.77. The number of hydrogen-bond donors (Lipinski definition) is 1. The number of aliphatic imine (C=N–C) groups is 1. The quantitative estimate of drug-likeness (QED) is 0.199. The van der Waals surface area contributed by atoms with Gasteiger partial charge in [-0.05, 0) is 61.3 Å². The summed E-state index contributed by atoms with van der Waals surface area (Å²) < 4.78 is 53.9. The van der Waals surface area contributed by atoms with Crippen LogP contribution < -0.4 is 15.5 Å². The topological polar surface area (TPSA) is 61.9 Å². The summed E-state index contributed by atoms with van der Waals surface area (Å²) in [7, 11) is 0. The summed E-state index contributed by atoms with van der Waals surface area (Å²) in [6.07, 6.45) is 3.48. The standard InChI is InChI=1S/C17H24F2N2.C11H11F2NO.C6H15N/c1-17(2,3)8-9-20-11-13-5-4-6-15(19)16(13)21-10-7-14(18)12-21;12-9-4-5-14(6-9)11-8(7-15)2-1-3-10(11)13;1-6(2,3)4-5-7/h4-6,11,14H,7-10,12H2,1-3H3;1-3,7,9H,4-6H2;4-5,7H2,1-3H3/t14-;9-;/m10./s1. The molecule has 2 N–H and O–H groups in total. The van der Waals surface area contributed by atoms with Crippen molar-refractivity contribution in [2.45, 2.75) is 79.6 Å². The molecule has 240 valence electrons. The zero-order valence-corrected chi connectivity index (χ0v) is 26.7. The minimum absolute atomic E-state index is 0.168. The molecule has 0 spiro atoms. The van der Waals surface area contributed by atoms with Crippen LogP contribution >= 0.6 is 0 Å². The number of halogens is 4. The first-order valence-electron chi connectivity index (χ1n) is 15.2. The molecule has 0 bridgehead atoms. The van der Waals surface area contributed by atoms with Crippen LogP contribution in [0, 0.1) is 22.5 Å². The Morgan fingerprint density at radius 1 is 0.814 bits per heavy atom. The van der Waals surface area contributed by atoms with E-state index >= 15 is 0 Å². The first-order valence-corrected chi connectivity index (χ1v) is 15.2. The number of anilines is 2. The van der Waals surface area contributed by atoms with E-state index in [0.717, 1.165) is 24.9 Å². The second-order valence-corrected chi connectivity index (χ2v) is 13.6. The molecule has 0 aliphatic carbocycles. The minimum atomic E-state index is -0.927. The Labute approximate surface area is 255 Å². The van der Waals surface area contributed by atoms with Gasteiger partial charge in [-0.3, -0.25) is 9.79 Å². The molecule has 0 amide bonds. The Balaban J connectivity index is 0.000000255. The molecule has 43 heavy (non-hydrogen) atoms. The summed E-state index contributed by atoms with van der Waals surface area (Å²) in [5.74, 6) is -0.766. The summed E-state index contributed by atoms with van der Waals surface area (Å²) in [5, 5.41) is 0. The first kappa shape index (κ1) is 36.3. The van der Waals surface area contributed by atoms with Gasteiger partial charge in [0.2, 0.25) is 0 Å². The van der Waals surface area contributed by atoms with Gasteiger partial charge in [0, 0.05) is 50.1 Å². The highest BCUT2D eigenvalue weighted by Gasteiger charge is 2.26. The molecular weight excluding hydrogens is 556 g/mol. The van der Waals surface area contributed by atoms with Crippen LogP contribution in [0.25, 0.3) is 0 Å². The number of nitrogens with two attached hydrogens (primary N) is 1. The summed E-state index contributed by atoms with van der Waals surface area (Å²) >= 11 is 0. The number of carbonyl (C=O) groups excluding carboxylic acids is 1. The van der Waals surface area contributed by atoms with Gasteiger partial charge in [-0.15, -0.1) is 0 Å². The first-order chi connectivity index (χ1) is 20.1. The third-order valence-corrected chi connectivity index (χ3v) is 7.17. The third-order valence-electron chi connectivity index (χ3n) is 7.17. The van der Waals surface area contributed by atoms with Crippen molar-refractivity contribution in [3.05, 3.63) is 59.2 Å². The fraction of sp³-hybridized carbons (Fsp3) is 0.588. The van der Waals surface area contributed by atoms with Crippen molar-refractivity contribution in [2.75, 3.05) is 49.1 Å². The van der Waals surface area contributed by atoms with Gasteiger partial charge in [-0.1, -0.05) is 59.7 Å². The van der Waals surface area contributed by atoms with Gasteiger partial charge in [0.25, 0.3) is 0 Å². The summed E-state index contributed by atoms with van der Waals surface area (Å²) in [4.78, 5) is 18.5. The van der Waals surface area contributed by atoms with E-state index in [1.807, 2.05) is 6.07 Å². The van der Waals surface area contributed by atoms with E-state index in [1.54, 1.807) is 22.1 Å². The predicted molar refractivity (Wildman–Crippen MR) is 171 cm³/mol. The maximum atomic E-state index is 14.1. The molecule has 2 fully saturated rings. The average molecular weight is 607 g/mol. The van der Waals surface area contributed by atoms with E-state index in [1.165, 1.54) is 24.3 Å². The zero-order chi connectivity index (χ0) is 32.2. The van der Waals surface area contributed by atoms with Gasteiger partial charge < -0.3 is 15.5 Å². The Hall–Kier alpha value is -2.94. The summed E-state index contributed by atoms with van der Waals surface area (Å²) in [6, 6.07) is 9.24. The maximum absolute atomic E-state index is 14.1. The molecule has 2 saturated heterocycles. The van der Waals surface area contributed by atoms with Crippen LogP contribution in [0.1, 0.15) is 83.1 Å². The summed E-state index contributed by atoms with van der Waals surface area (Å²) in [6.45, 7) is 16.1. The number of alkyl halides is 2. The second-order valence-electron chi connectivity index (χ2n) is 13.6. The molecule has 5 nitrogen and oxygen atoms in total. The SMILES string of the molecule is CC(C)(C)CCN.CC(C)(C)CCN=Cc1cccc(F)c1N1CC[C@@H](F)C1.O=Cc1cccc(F)c1N1CC[C@H](F)C1. The number of nitrogens with zero attached hydrogens (tertiary/aromatic N) is 3.